The van der Waals surface area contributed by atoms with Gasteiger partial charge in [0.05, 0.1) is 27.6 Å². The van der Waals surface area contributed by atoms with Crippen molar-refractivity contribution in [3.8, 4) is 0 Å². The zero-order valence-corrected chi connectivity index (χ0v) is 27.4. The molecule has 2 aromatic carbocycles. The Kier molecular flexibility index (Phi) is 10.6. The molecule has 0 bridgehead atoms. The molecule has 0 aliphatic rings. The van der Waals surface area contributed by atoms with Crippen LogP contribution in [0, 0.1) is 5.92 Å². The fourth-order valence-corrected chi connectivity index (χ4v) is 5.52. The summed E-state index contributed by atoms with van der Waals surface area (Å²) in [6.45, 7) is 8.67. The maximum absolute atomic E-state index is 13.7. The second-order valence-electron chi connectivity index (χ2n) is 13.1. The second kappa shape index (κ2) is 14.2. The van der Waals surface area contributed by atoms with Crippen molar-refractivity contribution in [2.45, 2.75) is 84.2 Å². The van der Waals surface area contributed by atoms with E-state index in [9.17, 15) is 33.6 Å². The lowest BCUT2D eigenvalue weighted by Crippen LogP contribution is -2.57. The molecule has 47 heavy (non-hydrogen) atoms. The highest BCUT2D eigenvalue weighted by molar-refractivity contribution is 5.97. The average molecular weight is 648 g/mol. The number of nitrogens with zero attached hydrogens (tertiary/aromatic N) is 1. The third kappa shape index (κ3) is 8.28. The second-order valence-corrected chi connectivity index (χ2v) is 13.1. The van der Waals surface area contributed by atoms with Crippen LogP contribution >= 0.6 is 0 Å². The van der Waals surface area contributed by atoms with Gasteiger partial charge >= 0.3 is 5.97 Å². The van der Waals surface area contributed by atoms with Gasteiger partial charge in [0.2, 0.25) is 11.8 Å². The molecule has 0 spiro atoms. The smallest absolute Gasteiger partial charge is 0.323 e. The predicted octanol–water partition coefficient (Wildman–Crippen LogP) is 1.02. The molecule has 250 valence electrons. The molecule has 0 saturated carbocycles. The van der Waals surface area contributed by atoms with E-state index in [4.69, 9.17) is 4.74 Å². The number of aromatic amines is 1. The first-order valence-electron chi connectivity index (χ1n) is 15.5. The Morgan fingerprint density at radius 3 is 1.91 bits per heavy atom. The van der Waals surface area contributed by atoms with Gasteiger partial charge in [0.15, 0.2) is 0 Å². The molecule has 0 saturated heterocycles. The Morgan fingerprint density at radius 1 is 0.830 bits per heavy atom. The number of likely N-dealkylation sites (N-methyl/N-ethyl adjacent to an activating group) is 1. The number of hydrogen-bond acceptors (Lipinski definition) is 9. The van der Waals surface area contributed by atoms with E-state index in [1.807, 2.05) is 44.2 Å². The van der Waals surface area contributed by atoms with Gasteiger partial charge < -0.3 is 15.4 Å². The minimum atomic E-state index is -1.13. The zero-order valence-electron chi connectivity index (χ0n) is 27.4. The Labute approximate surface area is 270 Å². The Hall–Kier alpha value is -4.91. The third-order valence-corrected chi connectivity index (χ3v) is 7.75. The van der Waals surface area contributed by atoms with Gasteiger partial charge in [-0.15, -0.1) is 0 Å². The van der Waals surface area contributed by atoms with Crippen LogP contribution in [-0.4, -0.2) is 58.1 Å². The first-order valence-corrected chi connectivity index (χ1v) is 15.5. The van der Waals surface area contributed by atoms with Crippen LogP contribution < -0.4 is 38.2 Å². The lowest BCUT2D eigenvalue weighted by Gasteiger charge is -2.29. The normalized spacial score (nSPS) is 13.9. The number of hydrogen-bond donors (Lipinski definition) is 4. The number of esters is 1. The summed E-state index contributed by atoms with van der Waals surface area (Å²) in [6, 6.07) is 8.74. The Balaban J connectivity index is 1.63. The maximum atomic E-state index is 13.7. The summed E-state index contributed by atoms with van der Waals surface area (Å²) in [5.74, 6) is -1.58. The molecule has 13 nitrogen and oxygen atoms in total. The van der Waals surface area contributed by atoms with Crippen molar-refractivity contribution < 1.29 is 19.1 Å². The number of aromatic nitrogens is 2. The first-order chi connectivity index (χ1) is 22.1. The summed E-state index contributed by atoms with van der Waals surface area (Å²) < 4.78 is 6.59. The molecule has 0 aliphatic carbocycles. The molecule has 1 unspecified atom stereocenters. The Morgan fingerprint density at radius 2 is 1.40 bits per heavy atom. The molecule has 0 fully saturated rings. The van der Waals surface area contributed by atoms with Crippen LogP contribution in [0.4, 0.5) is 0 Å². The standard InChI is InChI=1S/C34H41N5O8/c1-18(2)14-25(30(43)37-26(29(42)35-6)15-19-10-8-7-9-11-19)36-24(33(46)47-34(3,4)5)12-13-39-31(44)22-16-20-21(17-23(22)32(39)45)28(41)38-27(20)40/h7-11,16-18,24-26,36H,12-15H2,1-6H3,(H,35,42)(H,37,43)(H,38,40,41)/t24?,25-,26-/m0/s1. The molecule has 0 radical (unpaired) electrons. The van der Waals surface area contributed by atoms with E-state index >= 15 is 0 Å². The molecular formula is C34H41N5O8. The molecule has 2 amide bonds. The van der Waals surface area contributed by atoms with Crippen LogP contribution in [0.3, 0.4) is 0 Å². The number of ether oxygens (including phenoxy) is 1. The summed E-state index contributed by atoms with van der Waals surface area (Å²) in [5.41, 5.74) is -2.69. The minimum absolute atomic E-state index is 0.00297. The van der Waals surface area contributed by atoms with Crippen molar-refractivity contribution in [1.29, 1.82) is 0 Å². The van der Waals surface area contributed by atoms with Gasteiger partial charge in [0.25, 0.3) is 22.2 Å². The fourth-order valence-electron chi connectivity index (χ4n) is 5.52. The van der Waals surface area contributed by atoms with E-state index in [1.165, 1.54) is 19.2 Å². The van der Waals surface area contributed by atoms with E-state index in [-0.39, 0.29) is 52.8 Å². The van der Waals surface area contributed by atoms with Crippen LogP contribution in [0.5, 0.6) is 0 Å². The highest BCUT2D eigenvalue weighted by Crippen LogP contribution is 2.16. The summed E-state index contributed by atoms with van der Waals surface area (Å²) in [6.07, 6.45) is 0.433. The van der Waals surface area contributed by atoms with Gasteiger partial charge in [-0.1, -0.05) is 44.2 Å². The maximum Gasteiger partial charge on any atom is 0.323 e. The van der Waals surface area contributed by atoms with Crippen LogP contribution in [0.2, 0.25) is 0 Å². The number of carbonyl (C=O) groups is 3. The van der Waals surface area contributed by atoms with Crippen molar-refractivity contribution in [1.82, 2.24) is 25.5 Å². The topological polar surface area (TPSA) is 186 Å². The fraction of sp³-hybridized carbons (Fsp3) is 0.441. The molecule has 13 heteroatoms. The minimum Gasteiger partial charge on any atom is -0.459 e. The highest BCUT2D eigenvalue weighted by atomic mass is 16.6. The number of benzene rings is 2. The molecule has 4 rings (SSSR count). The van der Waals surface area contributed by atoms with Gasteiger partial charge in [-0.3, -0.25) is 48.4 Å². The van der Waals surface area contributed by atoms with Gasteiger partial charge in [0, 0.05) is 20.0 Å². The molecule has 4 N–H and O–H groups in total. The summed E-state index contributed by atoms with van der Waals surface area (Å²) in [5, 5.41) is 8.48. The number of nitrogens with one attached hydrogen (secondary N) is 4. The van der Waals surface area contributed by atoms with Crippen molar-refractivity contribution >= 4 is 39.3 Å². The van der Waals surface area contributed by atoms with E-state index in [0.29, 0.717) is 6.42 Å². The predicted molar refractivity (Wildman–Crippen MR) is 178 cm³/mol. The number of amides is 2. The van der Waals surface area contributed by atoms with Crippen molar-refractivity contribution in [3.63, 3.8) is 0 Å². The molecule has 2 aromatic heterocycles. The molecule has 2 heterocycles. The Bertz CT molecular complexity index is 1900. The number of H-pyrrole nitrogens is 1. The molecular weight excluding hydrogens is 606 g/mol. The van der Waals surface area contributed by atoms with Gasteiger partial charge in [-0.05, 0) is 57.2 Å². The molecule has 0 aliphatic heterocycles. The van der Waals surface area contributed by atoms with E-state index < -0.39 is 57.8 Å². The summed E-state index contributed by atoms with van der Waals surface area (Å²) in [7, 11) is 1.48. The zero-order chi connectivity index (χ0) is 34.6. The lowest BCUT2D eigenvalue weighted by molar-refractivity contribution is -0.158. The number of rotatable bonds is 13. The van der Waals surface area contributed by atoms with Crippen molar-refractivity contribution in [2.75, 3.05) is 7.05 Å². The first kappa shape index (κ1) is 35.0. The number of carbonyl (C=O) groups excluding carboxylic acids is 3. The van der Waals surface area contributed by atoms with E-state index in [1.54, 1.807) is 20.8 Å². The average Bonchev–Trinajstić information content (AvgIpc) is 3.41. The van der Waals surface area contributed by atoms with Crippen molar-refractivity contribution in [3.05, 3.63) is 89.4 Å². The van der Waals surface area contributed by atoms with Gasteiger partial charge in [-0.25, -0.2) is 0 Å². The highest BCUT2D eigenvalue weighted by Gasteiger charge is 2.32. The van der Waals surface area contributed by atoms with Crippen LogP contribution in [-0.2, 0) is 32.1 Å². The largest absolute Gasteiger partial charge is 0.459 e. The van der Waals surface area contributed by atoms with E-state index in [2.05, 4.69) is 20.9 Å². The van der Waals surface area contributed by atoms with Crippen LogP contribution in [0.25, 0.3) is 21.5 Å². The molecule has 4 aromatic rings. The third-order valence-electron chi connectivity index (χ3n) is 7.75. The summed E-state index contributed by atoms with van der Waals surface area (Å²) in [4.78, 5) is 93.0. The quantitative estimate of drug-likeness (QED) is 0.154. The summed E-state index contributed by atoms with van der Waals surface area (Å²) >= 11 is 0. The molecule has 3 atom stereocenters. The van der Waals surface area contributed by atoms with Crippen LogP contribution in [0.1, 0.15) is 53.0 Å². The monoisotopic (exact) mass is 647 g/mol. The SMILES string of the molecule is CNC(=O)[C@H](Cc1ccccc1)NC(=O)[C@H](CC(C)C)NC(CCn1c(=O)c2cc3c(=O)[nH]c(=O)c3cc2c1=O)C(=O)OC(C)(C)C. The lowest BCUT2D eigenvalue weighted by atomic mass is 9.99. The van der Waals surface area contributed by atoms with Crippen molar-refractivity contribution in [2.24, 2.45) is 5.92 Å². The van der Waals surface area contributed by atoms with Gasteiger partial charge in [-0.2, -0.15) is 0 Å². The number of fused-ring (bicyclic) bond motifs is 2. The van der Waals surface area contributed by atoms with E-state index in [0.717, 1.165) is 10.1 Å². The van der Waals surface area contributed by atoms with Gasteiger partial charge in [0.1, 0.15) is 17.7 Å². The van der Waals surface area contributed by atoms with Crippen LogP contribution in [0.15, 0.2) is 61.6 Å².